The molecule has 1 atom stereocenters. The Bertz CT molecular complexity index is 470. The maximum atomic E-state index is 10.3. The first-order valence-corrected chi connectivity index (χ1v) is 7.11. The van der Waals surface area contributed by atoms with E-state index in [1.165, 1.54) is 0 Å². The molecular formula is C14H26N4O2. The van der Waals surface area contributed by atoms with Crippen LogP contribution in [0.1, 0.15) is 25.2 Å². The Morgan fingerprint density at radius 1 is 1.40 bits per heavy atom. The summed E-state index contributed by atoms with van der Waals surface area (Å²) in [4.78, 5) is 2.27. The molecular weight excluding hydrogens is 256 g/mol. The summed E-state index contributed by atoms with van der Waals surface area (Å²) in [5.41, 5.74) is 8.33. The Morgan fingerprint density at radius 2 is 2.10 bits per heavy atom. The van der Waals surface area contributed by atoms with Crippen LogP contribution in [0.5, 0.6) is 0 Å². The summed E-state index contributed by atoms with van der Waals surface area (Å²) >= 11 is 0. The zero-order chi connectivity index (χ0) is 14.9. The molecule has 0 aliphatic carbocycles. The maximum absolute atomic E-state index is 10.3. The second-order valence-corrected chi connectivity index (χ2v) is 6.23. The first kappa shape index (κ1) is 15.3. The quantitative estimate of drug-likeness (QED) is 0.843. The Hall–Kier alpha value is -1.11. The van der Waals surface area contributed by atoms with Gasteiger partial charge in [0.1, 0.15) is 0 Å². The normalized spacial score (nSPS) is 21.1. The average Bonchev–Trinajstić information content (AvgIpc) is 2.60. The molecule has 1 unspecified atom stereocenters. The number of nitrogen functional groups attached to an aromatic ring is 1. The van der Waals surface area contributed by atoms with Crippen molar-refractivity contribution in [2.45, 2.75) is 45.9 Å². The van der Waals surface area contributed by atoms with Crippen LogP contribution in [-0.4, -0.2) is 57.7 Å². The predicted octanol–water partition coefficient (Wildman–Crippen LogP) is 0.554. The number of morpholine rings is 1. The van der Waals surface area contributed by atoms with Crippen molar-refractivity contribution in [3.8, 4) is 0 Å². The van der Waals surface area contributed by atoms with Crippen molar-refractivity contribution in [1.82, 2.24) is 14.7 Å². The monoisotopic (exact) mass is 282 g/mol. The summed E-state index contributed by atoms with van der Waals surface area (Å²) in [7, 11) is 0. The fourth-order valence-corrected chi connectivity index (χ4v) is 2.63. The highest BCUT2D eigenvalue weighted by Gasteiger charge is 2.31. The van der Waals surface area contributed by atoms with Gasteiger partial charge in [-0.2, -0.15) is 5.10 Å². The number of β-amino-alcohol motifs (C(OH)–C–C–N with tert-alkyl or cyclic N) is 1. The molecule has 20 heavy (non-hydrogen) atoms. The number of nitrogens with zero attached hydrogens (tertiary/aromatic N) is 3. The molecule has 0 spiro atoms. The van der Waals surface area contributed by atoms with Crippen LogP contribution in [0.4, 0.5) is 5.69 Å². The lowest BCUT2D eigenvalue weighted by Gasteiger charge is -2.43. The van der Waals surface area contributed by atoms with Gasteiger partial charge in [0.25, 0.3) is 0 Å². The van der Waals surface area contributed by atoms with Crippen LogP contribution in [0.15, 0.2) is 0 Å². The van der Waals surface area contributed by atoms with Crippen LogP contribution in [0.2, 0.25) is 0 Å². The van der Waals surface area contributed by atoms with Gasteiger partial charge in [0.15, 0.2) is 0 Å². The van der Waals surface area contributed by atoms with E-state index < -0.39 is 6.10 Å². The summed E-state index contributed by atoms with van der Waals surface area (Å²) in [6, 6.07) is 0. The van der Waals surface area contributed by atoms with Crippen LogP contribution < -0.4 is 5.73 Å². The van der Waals surface area contributed by atoms with E-state index in [4.69, 9.17) is 10.5 Å². The molecule has 1 aliphatic rings. The number of aliphatic hydroxyl groups is 1. The number of aromatic nitrogens is 2. The van der Waals surface area contributed by atoms with Crippen LogP contribution in [0.25, 0.3) is 0 Å². The van der Waals surface area contributed by atoms with Crippen molar-refractivity contribution >= 4 is 5.69 Å². The molecule has 2 heterocycles. The number of hydrogen-bond acceptors (Lipinski definition) is 5. The number of nitrogens with two attached hydrogens (primary N) is 1. The molecule has 1 fully saturated rings. The smallest absolute Gasteiger partial charge is 0.0863 e. The average molecular weight is 282 g/mol. The van der Waals surface area contributed by atoms with Gasteiger partial charge in [0.2, 0.25) is 0 Å². The highest BCUT2D eigenvalue weighted by atomic mass is 16.5. The van der Waals surface area contributed by atoms with Crippen molar-refractivity contribution in [3.63, 3.8) is 0 Å². The van der Waals surface area contributed by atoms with E-state index in [0.29, 0.717) is 25.4 Å². The minimum atomic E-state index is -0.468. The molecule has 1 aliphatic heterocycles. The second kappa shape index (κ2) is 5.71. The third-order valence-electron chi connectivity index (χ3n) is 4.07. The van der Waals surface area contributed by atoms with Gasteiger partial charge in [-0.15, -0.1) is 0 Å². The highest BCUT2D eigenvalue weighted by Crippen LogP contribution is 2.20. The number of rotatable bonds is 4. The van der Waals surface area contributed by atoms with Crippen molar-refractivity contribution in [2.75, 3.05) is 32.0 Å². The lowest BCUT2D eigenvalue weighted by molar-refractivity contribution is -0.0681. The molecule has 0 amide bonds. The summed E-state index contributed by atoms with van der Waals surface area (Å²) in [6.45, 7) is 11.5. The first-order chi connectivity index (χ1) is 9.31. The van der Waals surface area contributed by atoms with Crippen molar-refractivity contribution < 1.29 is 9.84 Å². The lowest BCUT2D eigenvalue weighted by atomic mass is 10.0. The summed E-state index contributed by atoms with van der Waals surface area (Å²) in [5, 5.41) is 14.7. The molecule has 0 radical (unpaired) electrons. The van der Waals surface area contributed by atoms with Crippen LogP contribution in [0.3, 0.4) is 0 Å². The predicted molar refractivity (Wildman–Crippen MR) is 78.6 cm³/mol. The summed E-state index contributed by atoms with van der Waals surface area (Å²) < 4.78 is 7.29. The molecule has 114 valence electrons. The molecule has 1 aromatic heterocycles. The van der Waals surface area contributed by atoms with Gasteiger partial charge in [0, 0.05) is 18.6 Å². The van der Waals surface area contributed by atoms with Crippen molar-refractivity contribution in [3.05, 3.63) is 11.4 Å². The number of anilines is 1. The van der Waals surface area contributed by atoms with E-state index in [0.717, 1.165) is 24.5 Å². The fourth-order valence-electron chi connectivity index (χ4n) is 2.63. The van der Waals surface area contributed by atoms with E-state index in [1.54, 1.807) is 4.68 Å². The van der Waals surface area contributed by atoms with Gasteiger partial charge in [-0.25, -0.2) is 0 Å². The molecule has 6 heteroatoms. The van der Waals surface area contributed by atoms with Gasteiger partial charge in [0.05, 0.1) is 42.9 Å². The van der Waals surface area contributed by atoms with E-state index in [-0.39, 0.29) is 5.54 Å². The van der Waals surface area contributed by atoms with E-state index in [1.807, 2.05) is 13.8 Å². The third-order valence-corrected chi connectivity index (χ3v) is 4.07. The standard InChI is InChI=1S/C14H26N4O2/c1-10-13(15)11(2)18(16-10)8-12(19)7-17-5-6-20-9-14(17,3)4/h12,19H,5-9,15H2,1-4H3. The highest BCUT2D eigenvalue weighted by molar-refractivity contribution is 5.46. The number of aryl methyl sites for hydroxylation is 1. The number of ether oxygens (including phenoxy) is 1. The Balaban J connectivity index is 1.98. The first-order valence-electron chi connectivity index (χ1n) is 7.11. The maximum Gasteiger partial charge on any atom is 0.0863 e. The van der Waals surface area contributed by atoms with Crippen molar-refractivity contribution in [2.24, 2.45) is 0 Å². The summed E-state index contributed by atoms with van der Waals surface area (Å²) in [6.07, 6.45) is -0.468. The molecule has 0 saturated carbocycles. The molecule has 6 nitrogen and oxygen atoms in total. The largest absolute Gasteiger partial charge is 0.396 e. The topological polar surface area (TPSA) is 76.5 Å². The van der Waals surface area contributed by atoms with Gasteiger partial charge in [-0.1, -0.05) is 0 Å². The zero-order valence-electron chi connectivity index (χ0n) is 12.9. The molecule has 0 aromatic carbocycles. The number of hydrogen-bond donors (Lipinski definition) is 2. The Labute approximate surface area is 120 Å². The SMILES string of the molecule is Cc1nn(CC(O)CN2CCOCC2(C)C)c(C)c1N. The second-order valence-electron chi connectivity index (χ2n) is 6.23. The third kappa shape index (κ3) is 3.13. The Kier molecular flexibility index (Phi) is 4.36. The minimum absolute atomic E-state index is 0.0344. The van der Waals surface area contributed by atoms with E-state index >= 15 is 0 Å². The van der Waals surface area contributed by atoms with Gasteiger partial charge in [-0.3, -0.25) is 9.58 Å². The number of aliphatic hydroxyl groups excluding tert-OH is 1. The van der Waals surface area contributed by atoms with Gasteiger partial charge < -0.3 is 15.6 Å². The zero-order valence-corrected chi connectivity index (χ0v) is 12.9. The Morgan fingerprint density at radius 3 is 2.65 bits per heavy atom. The van der Waals surface area contributed by atoms with Crippen molar-refractivity contribution in [1.29, 1.82) is 0 Å². The molecule has 1 aromatic rings. The van der Waals surface area contributed by atoms with Crippen LogP contribution in [-0.2, 0) is 11.3 Å². The molecule has 3 N–H and O–H groups in total. The lowest BCUT2D eigenvalue weighted by Crippen LogP contribution is -2.55. The molecule has 1 saturated heterocycles. The van der Waals surface area contributed by atoms with E-state index in [9.17, 15) is 5.11 Å². The van der Waals surface area contributed by atoms with Crippen LogP contribution in [0, 0.1) is 13.8 Å². The summed E-state index contributed by atoms with van der Waals surface area (Å²) in [5.74, 6) is 0. The van der Waals surface area contributed by atoms with E-state index in [2.05, 4.69) is 23.8 Å². The fraction of sp³-hybridized carbons (Fsp3) is 0.786. The van der Waals surface area contributed by atoms with Crippen LogP contribution >= 0.6 is 0 Å². The van der Waals surface area contributed by atoms with Gasteiger partial charge >= 0.3 is 0 Å². The molecule has 2 rings (SSSR count). The molecule has 0 bridgehead atoms. The minimum Gasteiger partial charge on any atom is -0.396 e. The van der Waals surface area contributed by atoms with Gasteiger partial charge in [-0.05, 0) is 27.7 Å².